The van der Waals surface area contributed by atoms with Crippen molar-refractivity contribution in [3.8, 4) is 0 Å². The van der Waals surface area contributed by atoms with E-state index in [1.807, 2.05) is 12.3 Å². The molecule has 0 radical (unpaired) electrons. The van der Waals surface area contributed by atoms with E-state index in [4.69, 9.17) is 0 Å². The Morgan fingerprint density at radius 2 is 2.31 bits per heavy atom. The van der Waals surface area contributed by atoms with Crippen LogP contribution in [0.4, 0.5) is 0 Å². The molecule has 1 amide bonds. The Kier molecular flexibility index (Phi) is 5.42. The molecule has 0 saturated heterocycles. The first-order valence-electron chi connectivity index (χ1n) is 5.49. The molecular weight excluding hydrogens is 222 g/mol. The number of aryl methyl sites for hydroxylation is 1. The summed E-state index contributed by atoms with van der Waals surface area (Å²) in [5.41, 5.74) is 1.01. The molecule has 90 valence electrons. The number of carbonyl (C=O) groups is 1. The zero-order valence-corrected chi connectivity index (χ0v) is 10.9. The molecule has 4 nitrogen and oxygen atoms in total. The van der Waals surface area contributed by atoms with E-state index < -0.39 is 0 Å². The minimum atomic E-state index is 0.0704. The molecule has 0 fully saturated rings. The van der Waals surface area contributed by atoms with E-state index in [-0.39, 0.29) is 5.91 Å². The van der Waals surface area contributed by atoms with Gasteiger partial charge in [-0.05, 0) is 6.92 Å². The van der Waals surface area contributed by atoms with Gasteiger partial charge in [0.25, 0.3) is 0 Å². The van der Waals surface area contributed by atoms with Crippen LogP contribution in [0.3, 0.4) is 0 Å². The molecule has 1 heterocycles. The van der Waals surface area contributed by atoms with Gasteiger partial charge in [0.2, 0.25) is 5.91 Å². The Morgan fingerprint density at radius 1 is 1.56 bits per heavy atom. The number of nitrogens with zero attached hydrogens (tertiary/aromatic N) is 1. The van der Waals surface area contributed by atoms with Gasteiger partial charge in [-0.25, -0.2) is 4.98 Å². The predicted octanol–water partition coefficient (Wildman–Crippen LogP) is 1.46. The molecule has 0 spiro atoms. The van der Waals surface area contributed by atoms with Crippen molar-refractivity contribution in [2.75, 3.05) is 6.54 Å². The van der Waals surface area contributed by atoms with Crippen LogP contribution >= 0.6 is 11.3 Å². The summed E-state index contributed by atoms with van der Waals surface area (Å²) in [7, 11) is 0. The molecule has 0 aliphatic heterocycles. The summed E-state index contributed by atoms with van der Waals surface area (Å²) in [4.78, 5) is 15.7. The molecule has 1 aromatic rings. The van der Waals surface area contributed by atoms with Gasteiger partial charge in [0.1, 0.15) is 5.01 Å². The van der Waals surface area contributed by atoms with Crippen LogP contribution in [0.1, 0.15) is 31.0 Å². The maximum atomic E-state index is 11.4. The maximum absolute atomic E-state index is 11.4. The molecule has 0 saturated carbocycles. The van der Waals surface area contributed by atoms with Gasteiger partial charge >= 0.3 is 0 Å². The molecule has 0 aliphatic rings. The summed E-state index contributed by atoms with van der Waals surface area (Å²) in [5, 5.41) is 9.01. The maximum Gasteiger partial charge on any atom is 0.221 e. The Labute approximate surface area is 100 Å². The van der Waals surface area contributed by atoms with Crippen molar-refractivity contribution in [3.63, 3.8) is 0 Å². The number of nitrogens with one attached hydrogen (secondary N) is 2. The van der Waals surface area contributed by atoms with Gasteiger partial charge in [-0.1, -0.05) is 13.8 Å². The van der Waals surface area contributed by atoms with Gasteiger partial charge in [0.05, 0.1) is 6.54 Å². The quantitative estimate of drug-likeness (QED) is 0.792. The first-order chi connectivity index (χ1) is 7.58. The monoisotopic (exact) mass is 241 g/mol. The molecule has 0 aromatic carbocycles. The highest BCUT2D eigenvalue weighted by Crippen LogP contribution is 2.07. The highest BCUT2D eigenvalue weighted by molar-refractivity contribution is 7.09. The summed E-state index contributed by atoms with van der Waals surface area (Å²) in [5.74, 6) is 0.0704. The smallest absolute Gasteiger partial charge is 0.221 e. The molecule has 0 aliphatic carbocycles. The third-order valence-electron chi connectivity index (χ3n) is 2.01. The summed E-state index contributed by atoms with van der Waals surface area (Å²) in [6.45, 7) is 7.35. The van der Waals surface area contributed by atoms with Crippen LogP contribution in [0.2, 0.25) is 0 Å². The van der Waals surface area contributed by atoms with Crippen molar-refractivity contribution in [2.24, 2.45) is 0 Å². The number of thiazole rings is 1. The summed E-state index contributed by atoms with van der Waals surface area (Å²) >= 11 is 1.58. The summed E-state index contributed by atoms with van der Waals surface area (Å²) in [6.07, 6.45) is 0.516. The topological polar surface area (TPSA) is 54.0 Å². The molecule has 5 heteroatoms. The van der Waals surface area contributed by atoms with E-state index in [0.717, 1.165) is 17.2 Å². The van der Waals surface area contributed by atoms with Gasteiger partial charge in [-0.15, -0.1) is 11.3 Å². The van der Waals surface area contributed by atoms with Crippen molar-refractivity contribution in [2.45, 2.75) is 39.8 Å². The Bertz CT molecular complexity index is 336. The van der Waals surface area contributed by atoms with Crippen LogP contribution in [0, 0.1) is 6.92 Å². The number of amides is 1. The fraction of sp³-hybridized carbons (Fsp3) is 0.636. The van der Waals surface area contributed by atoms with Gasteiger partial charge in [0, 0.05) is 30.1 Å². The van der Waals surface area contributed by atoms with Crippen LogP contribution < -0.4 is 10.6 Å². The van der Waals surface area contributed by atoms with E-state index in [9.17, 15) is 4.79 Å². The lowest BCUT2D eigenvalue weighted by Gasteiger charge is -2.07. The number of hydrogen-bond donors (Lipinski definition) is 2. The first-order valence-corrected chi connectivity index (χ1v) is 6.37. The van der Waals surface area contributed by atoms with Crippen LogP contribution in [0.15, 0.2) is 5.38 Å². The highest BCUT2D eigenvalue weighted by atomic mass is 32.1. The minimum absolute atomic E-state index is 0.0704. The third kappa shape index (κ3) is 5.23. The molecule has 16 heavy (non-hydrogen) atoms. The number of aromatic nitrogens is 1. The lowest BCUT2D eigenvalue weighted by Crippen LogP contribution is -2.30. The first kappa shape index (κ1) is 13.1. The Balaban J connectivity index is 2.15. The van der Waals surface area contributed by atoms with E-state index in [0.29, 0.717) is 19.0 Å². The Morgan fingerprint density at radius 3 is 2.88 bits per heavy atom. The highest BCUT2D eigenvalue weighted by Gasteiger charge is 2.03. The fourth-order valence-corrected chi connectivity index (χ4v) is 1.93. The van der Waals surface area contributed by atoms with E-state index in [1.165, 1.54) is 0 Å². The van der Waals surface area contributed by atoms with Gasteiger partial charge < -0.3 is 10.6 Å². The molecule has 1 aromatic heterocycles. The van der Waals surface area contributed by atoms with Crippen LogP contribution in [0.25, 0.3) is 0 Å². The molecular formula is C11H19N3OS. The normalized spacial score (nSPS) is 10.8. The van der Waals surface area contributed by atoms with Crippen molar-refractivity contribution in [3.05, 3.63) is 16.1 Å². The van der Waals surface area contributed by atoms with Crippen LogP contribution in [-0.2, 0) is 11.3 Å². The number of hydrogen-bond acceptors (Lipinski definition) is 4. The van der Waals surface area contributed by atoms with Crippen LogP contribution in [-0.4, -0.2) is 23.5 Å². The molecule has 2 N–H and O–H groups in total. The molecule has 0 bridgehead atoms. The number of carbonyl (C=O) groups excluding carboxylic acids is 1. The fourth-order valence-electron chi connectivity index (χ4n) is 1.22. The average molecular weight is 241 g/mol. The molecule has 0 unspecified atom stereocenters. The summed E-state index contributed by atoms with van der Waals surface area (Å²) in [6, 6.07) is 0.425. The average Bonchev–Trinajstić information content (AvgIpc) is 2.61. The van der Waals surface area contributed by atoms with Gasteiger partial charge in [-0.3, -0.25) is 4.79 Å². The number of rotatable bonds is 6. The summed E-state index contributed by atoms with van der Waals surface area (Å²) < 4.78 is 0. The minimum Gasteiger partial charge on any atom is -0.350 e. The van der Waals surface area contributed by atoms with E-state index in [2.05, 4.69) is 29.5 Å². The van der Waals surface area contributed by atoms with Crippen LogP contribution in [0.5, 0.6) is 0 Å². The zero-order chi connectivity index (χ0) is 12.0. The van der Waals surface area contributed by atoms with Gasteiger partial charge in [-0.2, -0.15) is 0 Å². The van der Waals surface area contributed by atoms with Crippen molar-refractivity contribution in [1.29, 1.82) is 0 Å². The van der Waals surface area contributed by atoms with E-state index >= 15 is 0 Å². The lowest BCUT2D eigenvalue weighted by molar-refractivity contribution is -0.121. The van der Waals surface area contributed by atoms with Crippen molar-refractivity contribution >= 4 is 17.2 Å². The second-order valence-electron chi connectivity index (χ2n) is 4.02. The molecule has 0 atom stereocenters. The molecule has 1 rings (SSSR count). The third-order valence-corrected chi connectivity index (χ3v) is 2.97. The largest absolute Gasteiger partial charge is 0.350 e. The zero-order valence-electron chi connectivity index (χ0n) is 10.0. The second-order valence-corrected chi connectivity index (χ2v) is 4.96. The predicted molar refractivity (Wildman–Crippen MR) is 66.5 cm³/mol. The van der Waals surface area contributed by atoms with Crippen molar-refractivity contribution < 1.29 is 4.79 Å². The van der Waals surface area contributed by atoms with Crippen molar-refractivity contribution in [1.82, 2.24) is 15.6 Å². The van der Waals surface area contributed by atoms with Gasteiger partial charge in [0.15, 0.2) is 0 Å². The SMILES string of the molecule is Cc1csc(CNC(=O)CCNC(C)C)n1. The standard InChI is InChI=1S/C11H19N3OS/c1-8(2)12-5-4-10(15)13-6-11-14-9(3)7-16-11/h7-8,12H,4-6H2,1-3H3,(H,13,15). The van der Waals surface area contributed by atoms with E-state index in [1.54, 1.807) is 11.3 Å². The Hall–Kier alpha value is -0.940. The lowest BCUT2D eigenvalue weighted by atomic mass is 10.3. The second kappa shape index (κ2) is 6.60.